The van der Waals surface area contributed by atoms with Crippen molar-refractivity contribution >= 4 is 45.3 Å². The predicted octanol–water partition coefficient (Wildman–Crippen LogP) is 6.65. The van der Waals surface area contributed by atoms with Crippen LogP contribution in [0.5, 0.6) is 0 Å². The Kier molecular flexibility index (Phi) is 5.62. The molecule has 4 aromatic carbocycles. The number of hydrogen-bond donors (Lipinski definition) is 0. The second kappa shape index (κ2) is 9.56. The van der Waals surface area contributed by atoms with Gasteiger partial charge in [0.05, 0.1) is 22.1 Å². The largest absolute Gasteiger partial charge is 0.304 e. The van der Waals surface area contributed by atoms with E-state index in [2.05, 4.69) is 70.5 Å². The molecule has 0 saturated carbocycles. The molecule has 1 aliphatic heterocycles. The number of anilines is 4. The van der Waals surface area contributed by atoms with Gasteiger partial charge in [0.25, 0.3) is 0 Å². The summed E-state index contributed by atoms with van der Waals surface area (Å²) in [5.41, 5.74) is 6.02. The molecule has 2 aromatic heterocycles. The van der Waals surface area contributed by atoms with Crippen LogP contribution in [0, 0.1) is 0 Å². The first-order valence-electron chi connectivity index (χ1n) is 13.0. The van der Waals surface area contributed by atoms with Crippen molar-refractivity contribution in [2.45, 2.75) is 12.8 Å². The Morgan fingerprint density at radius 2 is 0.658 bits per heavy atom. The van der Waals surface area contributed by atoms with Gasteiger partial charge in [-0.1, -0.05) is 84.9 Å². The van der Waals surface area contributed by atoms with Crippen LogP contribution in [-0.4, -0.2) is 33.0 Å². The Labute approximate surface area is 221 Å². The predicted molar refractivity (Wildman–Crippen MR) is 153 cm³/mol. The van der Waals surface area contributed by atoms with E-state index in [4.69, 9.17) is 19.9 Å². The highest BCUT2D eigenvalue weighted by Gasteiger charge is 2.34. The third-order valence-corrected chi connectivity index (χ3v) is 7.03. The molecule has 7 rings (SSSR count). The van der Waals surface area contributed by atoms with Crippen molar-refractivity contribution in [3.05, 3.63) is 120 Å². The third kappa shape index (κ3) is 4.10. The van der Waals surface area contributed by atoms with Gasteiger partial charge in [-0.15, -0.1) is 0 Å². The fraction of sp³-hybridized carbons (Fsp3) is 0.125. The molecule has 0 amide bonds. The number of aromatic nitrogens is 4. The van der Waals surface area contributed by atoms with E-state index in [9.17, 15) is 0 Å². The van der Waals surface area contributed by atoms with Gasteiger partial charge in [0, 0.05) is 13.1 Å². The Bertz CT molecular complexity index is 1520. The van der Waals surface area contributed by atoms with Crippen LogP contribution in [0.4, 0.5) is 23.3 Å². The summed E-state index contributed by atoms with van der Waals surface area (Å²) < 4.78 is 0. The molecule has 0 aliphatic carbocycles. The molecule has 0 bridgehead atoms. The van der Waals surface area contributed by atoms with E-state index >= 15 is 0 Å². The molecular formula is C32H26N6. The molecule has 0 unspecified atom stereocenters. The van der Waals surface area contributed by atoms with E-state index in [1.807, 2.05) is 48.5 Å². The van der Waals surface area contributed by atoms with Crippen molar-refractivity contribution in [2.24, 2.45) is 0 Å². The summed E-state index contributed by atoms with van der Waals surface area (Å²) in [6.45, 7) is 1.44. The molecule has 38 heavy (non-hydrogen) atoms. The first-order chi connectivity index (χ1) is 18.8. The average molecular weight is 495 g/mol. The maximum Gasteiger partial charge on any atom is 0.178 e. The average Bonchev–Trinajstić information content (AvgIpc) is 2.98. The van der Waals surface area contributed by atoms with Gasteiger partial charge >= 0.3 is 0 Å². The number of nitrogens with zero attached hydrogens (tertiary/aromatic N) is 6. The molecule has 0 spiro atoms. The standard InChI is InChI=1S/C32H26N6/c1-3-11-23(12-4-1)19-21-37-29-31(35-27-17-9-7-15-25(27)33-29)38(22-20-24-13-5-2-6-14-24)32-30(37)34-26-16-8-10-18-28(26)36-32/h1-18H,19-22H2. The van der Waals surface area contributed by atoms with Gasteiger partial charge in [0.1, 0.15) is 0 Å². The summed E-state index contributed by atoms with van der Waals surface area (Å²) in [6.07, 6.45) is 1.71. The van der Waals surface area contributed by atoms with Gasteiger partial charge in [-0.2, -0.15) is 0 Å². The number of para-hydroxylation sites is 4. The highest BCUT2D eigenvalue weighted by molar-refractivity contribution is 5.93. The zero-order valence-electron chi connectivity index (χ0n) is 20.9. The number of rotatable bonds is 6. The first kappa shape index (κ1) is 22.4. The Balaban J connectivity index is 1.40. The van der Waals surface area contributed by atoms with Gasteiger partial charge in [0.15, 0.2) is 23.3 Å². The van der Waals surface area contributed by atoms with Crippen LogP contribution in [-0.2, 0) is 12.8 Å². The van der Waals surface area contributed by atoms with E-state index < -0.39 is 0 Å². The van der Waals surface area contributed by atoms with Crippen molar-refractivity contribution in [3.63, 3.8) is 0 Å². The van der Waals surface area contributed by atoms with Crippen molar-refractivity contribution in [1.82, 2.24) is 19.9 Å². The minimum absolute atomic E-state index is 0.719. The minimum atomic E-state index is 0.719. The summed E-state index contributed by atoms with van der Waals surface area (Å²) in [5.74, 6) is 3.30. The molecule has 1 aliphatic rings. The smallest absolute Gasteiger partial charge is 0.178 e. The molecule has 0 saturated heterocycles. The van der Waals surface area contributed by atoms with Crippen LogP contribution in [0.1, 0.15) is 11.1 Å². The summed E-state index contributed by atoms with van der Waals surface area (Å²) in [4.78, 5) is 25.0. The second-order valence-corrected chi connectivity index (χ2v) is 9.49. The van der Waals surface area contributed by atoms with E-state index in [-0.39, 0.29) is 0 Å². The molecule has 0 radical (unpaired) electrons. The molecule has 184 valence electrons. The first-order valence-corrected chi connectivity index (χ1v) is 13.0. The van der Waals surface area contributed by atoms with E-state index in [1.165, 1.54) is 11.1 Å². The number of fused-ring (bicyclic) bond motifs is 4. The van der Waals surface area contributed by atoms with Crippen LogP contribution in [0.15, 0.2) is 109 Å². The fourth-order valence-corrected chi connectivity index (χ4v) is 5.08. The summed E-state index contributed by atoms with van der Waals surface area (Å²) >= 11 is 0. The second-order valence-electron chi connectivity index (χ2n) is 9.49. The minimum Gasteiger partial charge on any atom is -0.304 e. The summed E-state index contributed by atoms with van der Waals surface area (Å²) in [5, 5.41) is 0. The maximum absolute atomic E-state index is 5.15. The molecule has 6 aromatic rings. The lowest BCUT2D eigenvalue weighted by atomic mass is 10.1. The van der Waals surface area contributed by atoms with Gasteiger partial charge in [-0.05, 0) is 48.2 Å². The van der Waals surface area contributed by atoms with Crippen LogP contribution >= 0.6 is 0 Å². The van der Waals surface area contributed by atoms with Gasteiger partial charge in [-0.25, -0.2) is 19.9 Å². The van der Waals surface area contributed by atoms with E-state index in [1.54, 1.807) is 0 Å². The number of benzene rings is 4. The van der Waals surface area contributed by atoms with Crippen molar-refractivity contribution in [2.75, 3.05) is 22.9 Å². The van der Waals surface area contributed by atoms with E-state index in [0.29, 0.717) is 0 Å². The van der Waals surface area contributed by atoms with Crippen molar-refractivity contribution in [3.8, 4) is 0 Å². The zero-order valence-corrected chi connectivity index (χ0v) is 20.9. The zero-order chi connectivity index (χ0) is 25.3. The van der Waals surface area contributed by atoms with Crippen LogP contribution < -0.4 is 9.80 Å². The lowest BCUT2D eigenvalue weighted by Crippen LogP contribution is -2.35. The molecule has 6 heteroatoms. The molecule has 6 nitrogen and oxygen atoms in total. The quantitative estimate of drug-likeness (QED) is 0.258. The Hall–Kier alpha value is -4.84. The van der Waals surface area contributed by atoms with Crippen LogP contribution in [0.3, 0.4) is 0 Å². The van der Waals surface area contributed by atoms with Crippen molar-refractivity contribution in [1.29, 1.82) is 0 Å². The lowest BCUT2D eigenvalue weighted by molar-refractivity contribution is 0.818. The lowest BCUT2D eigenvalue weighted by Gasteiger charge is -2.37. The fourth-order valence-electron chi connectivity index (χ4n) is 5.08. The molecular weight excluding hydrogens is 468 g/mol. The normalized spacial score (nSPS) is 12.5. The topological polar surface area (TPSA) is 58.0 Å². The summed E-state index contributed by atoms with van der Waals surface area (Å²) in [6, 6.07) is 37.2. The van der Waals surface area contributed by atoms with Gasteiger partial charge in [0.2, 0.25) is 0 Å². The van der Waals surface area contributed by atoms with E-state index in [0.717, 1.165) is 71.3 Å². The van der Waals surface area contributed by atoms with Crippen LogP contribution in [0.25, 0.3) is 22.1 Å². The molecule has 0 N–H and O–H groups in total. The van der Waals surface area contributed by atoms with Crippen molar-refractivity contribution < 1.29 is 0 Å². The monoisotopic (exact) mass is 494 g/mol. The molecule has 3 heterocycles. The Morgan fingerprint density at radius 3 is 0.974 bits per heavy atom. The van der Waals surface area contributed by atoms with Gasteiger partial charge in [-0.3, -0.25) is 0 Å². The SMILES string of the molecule is c1ccc(CCN2c3nc4ccccc4nc3N(CCc3ccccc3)c3nc4ccccc4nc32)cc1. The molecule has 0 fully saturated rings. The highest BCUT2D eigenvalue weighted by Crippen LogP contribution is 2.45. The van der Waals surface area contributed by atoms with Gasteiger partial charge < -0.3 is 9.80 Å². The highest BCUT2D eigenvalue weighted by atomic mass is 15.4. The Morgan fingerprint density at radius 1 is 0.368 bits per heavy atom. The maximum atomic E-state index is 5.15. The summed E-state index contributed by atoms with van der Waals surface area (Å²) in [7, 11) is 0. The van der Waals surface area contributed by atoms with Crippen LogP contribution in [0.2, 0.25) is 0 Å². The third-order valence-electron chi connectivity index (χ3n) is 7.03. The number of hydrogen-bond acceptors (Lipinski definition) is 6. The molecule has 0 atom stereocenters.